The van der Waals surface area contributed by atoms with Crippen molar-refractivity contribution >= 4 is 11.8 Å². The maximum Gasteiger partial charge on any atom is 0.246 e. The molecule has 5 heteroatoms. The van der Waals surface area contributed by atoms with Crippen LogP contribution in [-0.2, 0) is 22.4 Å². The van der Waals surface area contributed by atoms with E-state index in [0.717, 1.165) is 11.1 Å². The first-order chi connectivity index (χ1) is 12.5. The van der Waals surface area contributed by atoms with E-state index in [9.17, 15) is 14.9 Å². The molecule has 0 saturated carbocycles. The Hall–Kier alpha value is -3.13. The molecule has 0 radical (unpaired) electrons. The van der Waals surface area contributed by atoms with Gasteiger partial charge in [-0.3, -0.25) is 9.59 Å². The van der Waals surface area contributed by atoms with Crippen molar-refractivity contribution in [3.8, 4) is 6.07 Å². The molecule has 26 heavy (non-hydrogen) atoms. The molecule has 1 saturated heterocycles. The maximum absolute atomic E-state index is 12.9. The summed E-state index contributed by atoms with van der Waals surface area (Å²) in [5, 5.41) is 9.26. The van der Waals surface area contributed by atoms with Gasteiger partial charge in [-0.1, -0.05) is 48.5 Å². The number of rotatable bonds is 4. The van der Waals surface area contributed by atoms with Crippen LogP contribution in [0, 0.1) is 11.3 Å². The van der Waals surface area contributed by atoms with Gasteiger partial charge >= 0.3 is 0 Å². The zero-order chi connectivity index (χ0) is 18.7. The largest absolute Gasteiger partial charge is 0.332 e. The van der Waals surface area contributed by atoms with Crippen LogP contribution < -0.4 is 0 Å². The van der Waals surface area contributed by atoms with Crippen molar-refractivity contribution in [3.63, 3.8) is 0 Å². The summed E-state index contributed by atoms with van der Waals surface area (Å²) in [6.07, 6.45) is 0.834. The number of nitrogens with zero attached hydrogens (tertiary/aromatic N) is 3. The number of likely N-dealkylation sites (N-methyl/N-ethyl adjacent to an activating group) is 2. The number of hydrogen-bond acceptors (Lipinski definition) is 3. The summed E-state index contributed by atoms with van der Waals surface area (Å²) < 4.78 is 0. The summed E-state index contributed by atoms with van der Waals surface area (Å²) in [5.41, 5.74) is 2.34. The van der Waals surface area contributed by atoms with E-state index in [1.807, 2.05) is 42.5 Å². The number of benzene rings is 2. The topological polar surface area (TPSA) is 64.4 Å². The molecule has 2 amide bonds. The van der Waals surface area contributed by atoms with Crippen LogP contribution >= 0.6 is 0 Å². The predicted molar refractivity (Wildman–Crippen MR) is 98.1 cm³/mol. The average Bonchev–Trinajstić information content (AvgIpc) is 2.68. The molecule has 1 heterocycles. The quantitative estimate of drug-likeness (QED) is 0.850. The molecule has 3 rings (SSSR count). The van der Waals surface area contributed by atoms with Crippen molar-refractivity contribution in [3.05, 3.63) is 71.3 Å². The third-order valence-corrected chi connectivity index (χ3v) is 5.02. The number of amides is 2. The molecule has 5 nitrogen and oxygen atoms in total. The Labute approximate surface area is 153 Å². The van der Waals surface area contributed by atoms with E-state index in [0.29, 0.717) is 18.4 Å². The normalized spacial score (nSPS) is 20.2. The first-order valence-electron chi connectivity index (χ1n) is 8.58. The van der Waals surface area contributed by atoms with Gasteiger partial charge in [0, 0.05) is 26.9 Å². The van der Waals surface area contributed by atoms with Gasteiger partial charge in [-0.05, 0) is 17.2 Å². The lowest BCUT2D eigenvalue weighted by molar-refractivity contribution is -0.158. The molecule has 0 bridgehead atoms. The van der Waals surface area contributed by atoms with E-state index < -0.39 is 12.1 Å². The maximum atomic E-state index is 12.9. The minimum Gasteiger partial charge on any atom is -0.332 e. The van der Waals surface area contributed by atoms with Crippen LogP contribution in [0.4, 0.5) is 0 Å². The average molecular weight is 347 g/mol. The van der Waals surface area contributed by atoms with E-state index in [4.69, 9.17) is 0 Å². The number of carbonyl (C=O) groups is 2. The Balaban J connectivity index is 1.82. The number of hydrogen-bond donors (Lipinski definition) is 0. The van der Waals surface area contributed by atoms with Crippen LogP contribution in [0.1, 0.15) is 16.7 Å². The standard InChI is InChI=1S/C21H21N3O2/c1-23-18(12-15-8-4-3-5-9-15)20(25)24(2)19(21(23)26)13-16-10-6-7-11-17(16)14-22/h3-11,18-19H,12-13H2,1-2H3. The van der Waals surface area contributed by atoms with Gasteiger partial charge in [-0.25, -0.2) is 0 Å². The van der Waals surface area contributed by atoms with Gasteiger partial charge in [0.25, 0.3) is 0 Å². The number of carbonyl (C=O) groups excluding carboxylic acids is 2. The number of piperazine rings is 1. The molecule has 2 aromatic carbocycles. The van der Waals surface area contributed by atoms with Crippen LogP contribution in [0.5, 0.6) is 0 Å². The highest BCUT2D eigenvalue weighted by Gasteiger charge is 2.42. The molecular formula is C21H21N3O2. The highest BCUT2D eigenvalue weighted by atomic mass is 16.2. The summed E-state index contributed by atoms with van der Waals surface area (Å²) in [5.74, 6) is -0.170. The monoisotopic (exact) mass is 347 g/mol. The van der Waals surface area contributed by atoms with Crippen LogP contribution in [-0.4, -0.2) is 47.8 Å². The lowest BCUT2D eigenvalue weighted by Gasteiger charge is -2.42. The lowest BCUT2D eigenvalue weighted by atomic mass is 9.94. The van der Waals surface area contributed by atoms with E-state index in [-0.39, 0.29) is 11.8 Å². The van der Waals surface area contributed by atoms with Gasteiger partial charge in [0.05, 0.1) is 11.6 Å². The van der Waals surface area contributed by atoms with Gasteiger partial charge in [-0.2, -0.15) is 5.26 Å². The second-order valence-electron chi connectivity index (χ2n) is 6.59. The Bertz CT molecular complexity index is 857. The van der Waals surface area contributed by atoms with E-state index in [1.54, 1.807) is 31.1 Å². The van der Waals surface area contributed by atoms with E-state index in [1.165, 1.54) is 4.90 Å². The zero-order valence-electron chi connectivity index (χ0n) is 14.9. The summed E-state index contributed by atoms with van der Waals surface area (Å²) in [6, 6.07) is 18.0. The van der Waals surface area contributed by atoms with Crippen LogP contribution in [0.25, 0.3) is 0 Å². The van der Waals surface area contributed by atoms with E-state index >= 15 is 0 Å². The first kappa shape index (κ1) is 17.7. The zero-order valence-corrected chi connectivity index (χ0v) is 14.9. The Morgan fingerprint density at radius 2 is 1.38 bits per heavy atom. The highest BCUT2D eigenvalue weighted by Crippen LogP contribution is 2.22. The fraction of sp³-hybridized carbons (Fsp3) is 0.286. The molecule has 0 aliphatic carbocycles. The van der Waals surface area contributed by atoms with Gasteiger partial charge in [0.15, 0.2) is 0 Å². The SMILES string of the molecule is CN1C(=O)C(Cc2ccccc2C#N)N(C)C(=O)C1Cc1ccccc1. The summed E-state index contributed by atoms with van der Waals surface area (Å²) in [6.45, 7) is 0. The molecule has 2 unspecified atom stereocenters. The van der Waals surface area contributed by atoms with Crippen LogP contribution in [0.2, 0.25) is 0 Å². The van der Waals surface area contributed by atoms with Gasteiger partial charge < -0.3 is 9.80 Å². The fourth-order valence-electron chi connectivity index (χ4n) is 3.41. The van der Waals surface area contributed by atoms with Gasteiger partial charge in [0.2, 0.25) is 11.8 Å². The molecule has 1 aliphatic heterocycles. The third-order valence-electron chi connectivity index (χ3n) is 5.02. The minimum atomic E-state index is -0.589. The Kier molecular flexibility index (Phi) is 5.04. The molecule has 0 aromatic heterocycles. The second-order valence-corrected chi connectivity index (χ2v) is 6.59. The van der Waals surface area contributed by atoms with Crippen molar-refractivity contribution in [1.82, 2.24) is 9.80 Å². The molecule has 0 N–H and O–H groups in total. The fourth-order valence-corrected chi connectivity index (χ4v) is 3.41. The van der Waals surface area contributed by atoms with Crippen molar-refractivity contribution in [2.45, 2.75) is 24.9 Å². The molecule has 132 valence electrons. The van der Waals surface area contributed by atoms with Crippen molar-refractivity contribution in [1.29, 1.82) is 5.26 Å². The van der Waals surface area contributed by atoms with E-state index in [2.05, 4.69) is 6.07 Å². The summed E-state index contributed by atoms with van der Waals surface area (Å²) in [7, 11) is 3.36. The highest BCUT2D eigenvalue weighted by molar-refractivity contribution is 5.97. The molecular weight excluding hydrogens is 326 g/mol. The second kappa shape index (κ2) is 7.40. The molecule has 1 aliphatic rings. The van der Waals surface area contributed by atoms with Crippen molar-refractivity contribution < 1.29 is 9.59 Å². The summed E-state index contributed by atoms with van der Waals surface area (Å²) >= 11 is 0. The van der Waals surface area contributed by atoms with Gasteiger partial charge in [-0.15, -0.1) is 0 Å². The molecule has 2 atom stereocenters. The molecule has 0 spiro atoms. The lowest BCUT2D eigenvalue weighted by Crippen LogP contribution is -2.63. The Morgan fingerprint density at radius 3 is 2.00 bits per heavy atom. The minimum absolute atomic E-state index is 0.0737. The first-order valence-corrected chi connectivity index (χ1v) is 8.58. The predicted octanol–water partition coefficient (Wildman–Crippen LogP) is 2.01. The van der Waals surface area contributed by atoms with Crippen LogP contribution in [0.15, 0.2) is 54.6 Å². The third kappa shape index (κ3) is 3.31. The van der Waals surface area contributed by atoms with Crippen molar-refractivity contribution in [2.75, 3.05) is 14.1 Å². The smallest absolute Gasteiger partial charge is 0.246 e. The molecule has 1 fully saturated rings. The Morgan fingerprint density at radius 1 is 0.846 bits per heavy atom. The van der Waals surface area contributed by atoms with Crippen molar-refractivity contribution in [2.24, 2.45) is 0 Å². The molecule has 2 aromatic rings. The number of nitriles is 1. The summed E-state index contributed by atoms with van der Waals surface area (Å²) in [4.78, 5) is 28.9. The van der Waals surface area contributed by atoms with Crippen LogP contribution in [0.3, 0.4) is 0 Å². The van der Waals surface area contributed by atoms with Gasteiger partial charge in [0.1, 0.15) is 12.1 Å².